The van der Waals surface area contributed by atoms with Gasteiger partial charge in [-0.1, -0.05) is 50.6 Å². The van der Waals surface area contributed by atoms with Gasteiger partial charge in [-0.15, -0.1) is 0 Å². The Balaban J connectivity index is 2.05. The average Bonchev–Trinajstić information content (AvgIpc) is 2.79. The molecule has 4 nitrogen and oxygen atoms in total. The van der Waals surface area contributed by atoms with E-state index in [0.29, 0.717) is 18.1 Å². The van der Waals surface area contributed by atoms with Crippen LogP contribution in [-0.2, 0) is 16.1 Å². The van der Waals surface area contributed by atoms with Gasteiger partial charge in [0.05, 0.1) is 0 Å². The summed E-state index contributed by atoms with van der Waals surface area (Å²) in [5, 5.41) is 6.23. The number of hydrogen-bond acceptors (Lipinski definition) is 2. The van der Waals surface area contributed by atoms with E-state index in [0.717, 1.165) is 5.56 Å². The lowest BCUT2D eigenvalue weighted by Crippen LogP contribution is -2.40. The molecule has 0 saturated carbocycles. The van der Waals surface area contributed by atoms with Crippen LogP contribution in [0.3, 0.4) is 0 Å². The second kappa shape index (κ2) is 6.06. The first kappa shape index (κ1) is 15.8. The van der Waals surface area contributed by atoms with E-state index in [9.17, 15) is 9.59 Å². The lowest BCUT2D eigenvalue weighted by molar-refractivity contribution is -0.135. The molecular formula is C16H21ClN2O2. The summed E-state index contributed by atoms with van der Waals surface area (Å²) >= 11 is 6.07. The van der Waals surface area contributed by atoms with E-state index in [1.807, 2.05) is 39.0 Å². The van der Waals surface area contributed by atoms with Crippen LogP contribution in [0.1, 0.15) is 26.3 Å². The Bertz CT molecular complexity index is 551. The molecule has 2 amide bonds. The van der Waals surface area contributed by atoms with E-state index in [2.05, 4.69) is 10.6 Å². The van der Waals surface area contributed by atoms with Crippen molar-refractivity contribution >= 4 is 23.4 Å². The molecule has 21 heavy (non-hydrogen) atoms. The summed E-state index contributed by atoms with van der Waals surface area (Å²) < 4.78 is 0. The summed E-state index contributed by atoms with van der Waals surface area (Å²) in [6.07, 6.45) is 0. The van der Waals surface area contributed by atoms with Crippen molar-refractivity contribution in [2.75, 3.05) is 6.54 Å². The number of benzene rings is 1. The Morgan fingerprint density at radius 1 is 1.38 bits per heavy atom. The normalized spacial score (nSPS) is 22.0. The van der Waals surface area contributed by atoms with Crippen molar-refractivity contribution in [3.05, 3.63) is 34.9 Å². The Morgan fingerprint density at radius 2 is 2.05 bits per heavy atom. The van der Waals surface area contributed by atoms with Gasteiger partial charge in [-0.25, -0.2) is 0 Å². The SMILES string of the molecule is CC(C)(C)[C@@H]1CNC(=O)[C@@H]1C(=O)NCc1ccccc1Cl. The molecule has 114 valence electrons. The molecule has 2 rings (SSSR count). The molecule has 1 aromatic rings. The molecule has 1 saturated heterocycles. The minimum atomic E-state index is -0.632. The first-order valence-electron chi connectivity index (χ1n) is 7.09. The van der Waals surface area contributed by atoms with Gasteiger partial charge >= 0.3 is 0 Å². The van der Waals surface area contributed by atoms with E-state index in [4.69, 9.17) is 11.6 Å². The summed E-state index contributed by atoms with van der Waals surface area (Å²) in [6, 6.07) is 7.35. The number of carbonyl (C=O) groups excluding carboxylic acids is 2. The van der Waals surface area contributed by atoms with Gasteiger partial charge in [-0.05, 0) is 17.0 Å². The molecule has 0 bridgehead atoms. The van der Waals surface area contributed by atoms with E-state index in [-0.39, 0.29) is 23.1 Å². The Labute approximate surface area is 130 Å². The molecule has 0 aromatic heterocycles. The molecule has 0 radical (unpaired) electrons. The third-order valence-electron chi connectivity index (χ3n) is 3.99. The van der Waals surface area contributed by atoms with Crippen LogP contribution in [0.5, 0.6) is 0 Å². The standard InChI is InChI=1S/C16H21ClN2O2/c1-16(2,3)11-9-19-15(21)13(11)14(20)18-8-10-6-4-5-7-12(10)17/h4-7,11,13H,8-9H2,1-3H3,(H,18,20)(H,19,21)/t11-,13+/m1/s1. The fourth-order valence-electron chi connectivity index (χ4n) is 2.66. The van der Waals surface area contributed by atoms with Crippen molar-refractivity contribution in [3.8, 4) is 0 Å². The van der Waals surface area contributed by atoms with Gasteiger partial charge in [-0.2, -0.15) is 0 Å². The third-order valence-corrected chi connectivity index (χ3v) is 4.36. The first-order chi connectivity index (χ1) is 9.80. The second-order valence-corrected chi connectivity index (χ2v) is 6.91. The Morgan fingerprint density at radius 3 is 2.67 bits per heavy atom. The molecule has 1 aliphatic heterocycles. The minimum Gasteiger partial charge on any atom is -0.355 e. The van der Waals surface area contributed by atoms with Gasteiger partial charge in [-0.3, -0.25) is 9.59 Å². The summed E-state index contributed by atoms with van der Waals surface area (Å²) in [7, 11) is 0. The van der Waals surface area contributed by atoms with Gasteiger partial charge in [0.1, 0.15) is 5.92 Å². The monoisotopic (exact) mass is 308 g/mol. The molecule has 1 fully saturated rings. The van der Waals surface area contributed by atoms with Crippen LogP contribution in [0, 0.1) is 17.3 Å². The number of nitrogens with one attached hydrogen (secondary N) is 2. The van der Waals surface area contributed by atoms with Crippen molar-refractivity contribution in [3.63, 3.8) is 0 Å². The number of amides is 2. The van der Waals surface area contributed by atoms with Crippen molar-refractivity contribution in [1.29, 1.82) is 0 Å². The fourth-order valence-corrected chi connectivity index (χ4v) is 2.87. The fraction of sp³-hybridized carbons (Fsp3) is 0.500. The van der Waals surface area contributed by atoms with Gasteiger partial charge < -0.3 is 10.6 Å². The molecular weight excluding hydrogens is 288 g/mol. The highest BCUT2D eigenvalue weighted by atomic mass is 35.5. The zero-order valence-electron chi connectivity index (χ0n) is 12.6. The highest BCUT2D eigenvalue weighted by Gasteiger charge is 2.45. The maximum atomic E-state index is 12.4. The number of hydrogen-bond donors (Lipinski definition) is 2. The molecule has 0 spiro atoms. The largest absolute Gasteiger partial charge is 0.355 e. The molecule has 2 atom stereocenters. The minimum absolute atomic E-state index is 0.00348. The van der Waals surface area contributed by atoms with Crippen LogP contribution in [0.2, 0.25) is 5.02 Å². The molecule has 1 aromatic carbocycles. The predicted octanol–water partition coefficient (Wildman–Crippen LogP) is 2.36. The third kappa shape index (κ3) is 3.56. The van der Waals surface area contributed by atoms with Crippen LogP contribution >= 0.6 is 11.6 Å². The number of carbonyl (C=O) groups is 2. The zero-order chi connectivity index (χ0) is 15.6. The van der Waals surface area contributed by atoms with Crippen LogP contribution in [0.4, 0.5) is 0 Å². The number of rotatable bonds is 3. The van der Waals surface area contributed by atoms with E-state index < -0.39 is 5.92 Å². The summed E-state index contributed by atoms with van der Waals surface area (Å²) in [4.78, 5) is 24.3. The smallest absolute Gasteiger partial charge is 0.233 e. The molecule has 1 heterocycles. The summed E-state index contributed by atoms with van der Waals surface area (Å²) in [5.74, 6) is -1.06. The van der Waals surface area contributed by atoms with E-state index in [1.165, 1.54) is 0 Å². The molecule has 0 unspecified atom stereocenters. The lowest BCUT2D eigenvalue weighted by Gasteiger charge is -2.29. The van der Waals surface area contributed by atoms with Crippen LogP contribution in [-0.4, -0.2) is 18.4 Å². The zero-order valence-corrected chi connectivity index (χ0v) is 13.3. The number of halogens is 1. The summed E-state index contributed by atoms with van der Waals surface area (Å²) in [5.41, 5.74) is 0.740. The predicted molar refractivity (Wildman–Crippen MR) is 82.7 cm³/mol. The van der Waals surface area contributed by atoms with Gasteiger partial charge in [0, 0.05) is 24.0 Å². The van der Waals surface area contributed by atoms with Crippen molar-refractivity contribution in [2.24, 2.45) is 17.3 Å². The van der Waals surface area contributed by atoms with Crippen molar-refractivity contribution < 1.29 is 9.59 Å². The molecule has 2 N–H and O–H groups in total. The maximum absolute atomic E-state index is 12.4. The van der Waals surface area contributed by atoms with Crippen molar-refractivity contribution in [1.82, 2.24) is 10.6 Å². The maximum Gasteiger partial charge on any atom is 0.233 e. The Kier molecular flexibility index (Phi) is 4.57. The molecule has 5 heteroatoms. The quantitative estimate of drug-likeness (QED) is 0.842. The topological polar surface area (TPSA) is 58.2 Å². The van der Waals surface area contributed by atoms with E-state index >= 15 is 0 Å². The van der Waals surface area contributed by atoms with Gasteiger partial charge in [0.15, 0.2) is 0 Å². The van der Waals surface area contributed by atoms with Crippen LogP contribution in [0.25, 0.3) is 0 Å². The van der Waals surface area contributed by atoms with Crippen molar-refractivity contribution in [2.45, 2.75) is 27.3 Å². The molecule has 0 aliphatic carbocycles. The highest BCUT2D eigenvalue weighted by molar-refractivity contribution is 6.31. The van der Waals surface area contributed by atoms with Gasteiger partial charge in [0.2, 0.25) is 11.8 Å². The molecule has 1 aliphatic rings. The Hall–Kier alpha value is -1.55. The second-order valence-electron chi connectivity index (χ2n) is 6.50. The first-order valence-corrected chi connectivity index (χ1v) is 7.47. The van der Waals surface area contributed by atoms with E-state index in [1.54, 1.807) is 6.07 Å². The summed E-state index contributed by atoms with van der Waals surface area (Å²) in [6.45, 7) is 7.02. The average molecular weight is 309 g/mol. The van der Waals surface area contributed by atoms with Gasteiger partial charge in [0.25, 0.3) is 0 Å². The highest BCUT2D eigenvalue weighted by Crippen LogP contribution is 2.35. The van der Waals surface area contributed by atoms with Crippen LogP contribution < -0.4 is 10.6 Å². The van der Waals surface area contributed by atoms with Crippen LogP contribution in [0.15, 0.2) is 24.3 Å². The lowest BCUT2D eigenvalue weighted by atomic mass is 9.74.